The number of nitrogens with one attached hydrogen (secondary N) is 1. The lowest BCUT2D eigenvalue weighted by atomic mass is 10.1. The number of hydrogen-bond donors (Lipinski definition) is 1. The van der Waals surface area contributed by atoms with Crippen molar-refractivity contribution in [2.75, 3.05) is 6.54 Å². The third kappa shape index (κ3) is 4.46. The Balaban J connectivity index is 1.91. The van der Waals surface area contributed by atoms with Gasteiger partial charge in [-0.1, -0.05) is 41.1 Å². The van der Waals surface area contributed by atoms with E-state index in [4.69, 9.17) is 4.52 Å². The molecule has 0 saturated carbocycles. The topological polar surface area (TPSA) is 68.0 Å². The van der Waals surface area contributed by atoms with Crippen molar-refractivity contribution in [3.63, 3.8) is 0 Å². The maximum absolute atomic E-state index is 11.7. The Morgan fingerprint density at radius 2 is 2.18 bits per heavy atom. The summed E-state index contributed by atoms with van der Waals surface area (Å²) in [6.45, 7) is 7.92. The first-order chi connectivity index (χ1) is 10.6. The van der Waals surface area contributed by atoms with Crippen molar-refractivity contribution < 1.29 is 9.32 Å². The van der Waals surface area contributed by atoms with Crippen LogP contribution in [0, 0.1) is 6.92 Å². The molecule has 0 aliphatic carbocycles. The smallest absolute Gasteiger partial charge is 0.236 e. The summed E-state index contributed by atoms with van der Waals surface area (Å²) < 4.78 is 5.23. The fourth-order valence-electron chi connectivity index (χ4n) is 1.72. The minimum atomic E-state index is -0.185. The van der Waals surface area contributed by atoms with E-state index in [1.165, 1.54) is 17.3 Å². The van der Waals surface area contributed by atoms with Crippen molar-refractivity contribution in [1.29, 1.82) is 0 Å². The molecule has 1 aromatic heterocycles. The zero-order valence-corrected chi connectivity index (χ0v) is 13.5. The Hall–Kier alpha value is -2.08. The molecule has 1 aromatic carbocycles. The number of carbonyl (C=O) groups excluding carboxylic acids is 1. The summed E-state index contributed by atoms with van der Waals surface area (Å²) in [4.78, 5) is 16.1. The Morgan fingerprint density at radius 3 is 2.86 bits per heavy atom. The summed E-state index contributed by atoms with van der Waals surface area (Å²) in [6.07, 6.45) is 1.65. The number of amides is 1. The SMILES string of the molecule is C=CCNC(=O)[C@H](C)SCc1nc(-c2ccc(C)cc2)no1. The van der Waals surface area contributed by atoms with Crippen LogP contribution in [0.2, 0.25) is 0 Å². The summed E-state index contributed by atoms with van der Waals surface area (Å²) >= 11 is 1.46. The number of rotatable bonds is 7. The molecule has 0 radical (unpaired) electrons. The fraction of sp³-hybridized carbons (Fsp3) is 0.312. The molecule has 0 saturated heterocycles. The first-order valence-corrected chi connectivity index (χ1v) is 8.05. The maximum Gasteiger partial charge on any atom is 0.236 e. The third-order valence-corrected chi connectivity index (χ3v) is 4.15. The van der Waals surface area contributed by atoms with Crippen molar-refractivity contribution in [2.45, 2.75) is 24.9 Å². The molecule has 2 rings (SSSR count). The van der Waals surface area contributed by atoms with Crippen LogP contribution in [0.3, 0.4) is 0 Å². The van der Waals surface area contributed by atoms with Gasteiger partial charge in [0.25, 0.3) is 0 Å². The van der Waals surface area contributed by atoms with Crippen molar-refractivity contribution in [1.82, 2.24) is 15.5 Å². The fourth-order valence-corrected chi connectivity index (χ4v) is 2.47. The Labute approximate surface area is 134 Å². The van der Waals surface area contributed by atoms with E-state index in [1.54, 1.807) is 6.08 Å². The lowest BCUT2D eigenvalue weighted by Gasteiger charge is -2.08. The molecule has 0 aliphatic heterocycles. The van der Waals surface area contributed by atoms with E-state index in [0.29, 0.717) is 24.0 Å². The van der Waals surface area contributed by atoms with Gasteiger partial charge in [-0.3, -0.25) is 4.79 Å². The molecular weight excluding hydrogens is 298 g/mol. The van der Waals surface area contributed by atoms with E-state index < -0.39 is 0 Å². The van der Waals surface area contributed by atoms with Crippen LogP contribution in [0.5, 0.6) is 0 Å². The summed E-state index contributed by atoms with van der Waals surface area (Å²) in [5.74, 6) is 1.56. The van der Waals surface area contributed by atoms with Crippen molar-refractivity contribution >= 4 is 17.7 Å². The summed E-state index contributed by atoms with van der Waals surface area (Å²) in [6, 6.07) is 7.93. The van der Waals surface area contributed by atoms with Gasteiger partial charge in [-0.15, -0.1) is 18.3 Å². The monoisotopic (exact) mass is 317 g/mol. The zero-order valence-electron chi connectivity index (χ0n) is 12.7. The normalized spacial score (nSPS) is 11.9. The van der Waals surface area contributed by atoms with Gasteiger partial charge >= 0.3 is 0 Å². The van der Waals surface area contributed by atoms with Crippen LogP contribution in [-0.4, -0.2) is 27.8 Å². The van der Waals surface area contributed by atoms with E-state index >= 15 is 0 Å². The molecule has 5 nitrogen and oxygen atoms in total. The van der Waals surface area contributed by atoms with Crippen molar-refractivity contribution in [3.05, 3.63) is 48.4 Å². The lowest BCUT2D eigenvalue weighted by molar-refractivity contribution is -0.120. The number of aromatic nitrogens is 2. The second kappa shape index (κ2) is 7.79. The van der Waals surface area contributed by atoms with Gasteiger partial charge in [0, 0.05) is 12.1 Å². The van der Waals surface area contributed by atoms with E-state index in [-0.39, 0.29) is 11.2 Å². The van der Waals surface area contributed by atoms with Gasteiger partial charge < -0.3 is 9.84 Å². The van der Waals surface area contributed by atoms with Crippen LogP contribution >= 0.6 is 11.8 Å². The first-order valence-electron chi connectivity index (χ1n) is 7.00. The average molecular weight is 317 g/mol. The second-order valence-electron chi connectivity index (χ2n) is 4.86. The molecule has 6 heteroatoms. The number of hydrogen-bond acceptors (Lipinski definition) is 5. The molecular formula is C16H19N3O2S. The summed E-state index contributed by atoms with van der Waals surface area (Å²) in [7, 11) is 0. The van der Waals surface area contributed by atoms with Crippen LogP contribution in [0.1, 0.15) is 18.4 Å². The predicted octanol–water partition coefficient (Wildman–Crippen LogP) is 2.97. The molecule has 0 bridgehead atoms. The maximum atomic E-state index is 11.7. The van der Waals surface area contributed by atoms with Crippen LogP contribution in [0.4, 0.5) is 0 Å². The van der Waals surface area contributed by atoms with Gasteiger partial charge in [-0.25, -0.2) is 0 Å². The molecule has 1 heterocycles. The number of aryl methyl sites for hydroxylation is 1. The molecule has 0 fully saturated rings. The molecule has 1 atom stereocenters. The molecule has 0 unspecified atom stereocenters. The predicted molar refractivity (Wildman–Crippen MR) is 88.4 cm³/mol. The van der Waals surface area contributed by atoms with Crippen molar-refractivity contribution in [2.24, 2.45) is 0 Å². The van der Waals surface area contributed by atoms with Gasteiger partial charge in [0.05, 0.1) is 11.0 Å². The van der Waals surface area contributed by atoms with Gasteiger partial charge in [0.2, 0.25) is 17.6 Å². The largest absolute Gasteiger partial charge is 0.352 e. The molecule has 1 amide bonds. The Morgan fingerprint density at radius 1 is 1.45 bits per heavy atom. The lowest BCUT2D eigenvalue weighted by Crippen LogP contribution is -2.30. The van der Waals surface area contributed by atoms with Gasteiger partial charge in [-0.05, 0) is 13.8 Å². The molecule has 2 aromatic rings. The van der Waals surface area contributed by atoms with E-state index in [1.807, 2.05) is 38.1 Å². The standard InChI is InChI=1S/C16H19N3O2S/c1-4-9-17-16(20)12(3)22-10-14-18-15(19-21-14)13-7-5-11(2)6-8-13/h4-8,12H,1,9-10H2,2-3H3,(H,17,20)/t12-/m0/s1. The minimum Gasteiger partial charge on any atom is -0.352 e. The summed E-state index contributed by atoms with van der Waals surface area (Å²) in [5.41, 5.74) is 2.10. The molecule has 0 aliphatic rings. The highest BCUT2D eigenvalue weighted by Gasteiger charge is 2.15. The number of nitrogens with zero attached hydrogens (tertiary/aromatic N) is 2. The quantitative estimate of drug-likeness (QED) is 0.795. The second-order valence-corrected chi connectivity index (χ2v) is 6.19. The molecule has 116 valence electrons. The number of thioether (sulfide) groups is 1. The van der Waals surface area contributed by atoms with Crippen LogP contribution in [0.25, 0.3) is 11.4 Å². The summed E-state index contributed by atoms with van der Waals surface area (Å²) in [5, 5.41) is 6.55. The molecule has 1 N–H and O–H groups in total. The van der Waals surface area contributed by atoms with Gasteiger partial charge in [0.15, 0.2) is 0 Å². The highest BCUT2D eigenvalue weighted by atomic mass is 32.2. The van der Waals surface area contributed by atoms with E-state index in [0.717, 1.165) is 5.56 Å². The molecule has 22 heavy (non-hydrogen) atoms. The minimum absolute atomic E-state index is 0.0248. The van der Waals surface area contributed by atoms with Crippen LogP contribution < -0.4 is 5.32 Å². The average Bonchev–Trinajstić information content (AvgIpc) is 2.99. The Bertz CT molecular complexity index is 637. The van der Waals surface area contributed by atoms with Crippen LogP contribution in [-0.2, 0) is 10.5 Å². The Kier molecular flexibility index (Phi) is 5.77. The zero-order chi connectivity index (χ0) is 15.9. The molecule has 0 spiro atoms. The number of benzene rings is 1. The highest BCUT2D eigenvalue weighted by Crippen LogP contribution is 2.20. The van der Waals surface area contributed by atoms with Gasteiger partial charge in [-0.2, -0.15) is 4.98 Å². The number of carbonyl (C=O) groups is 1. The van der Waals surface area contributed by atoms with Crippen molar-refractivity contribution in [3.8, 4) is 11.4 Å². The van der Waals surface area contributed by atoms with E-state index in [2.05, 4.69) is 22.0 Å². The third-order valence-electron chi connectivity index (χ3n) is 3.02. The first kappa shape index (κ1) is 16.3. The van der Waals surface area contributed by atoms with Crippen LogP contribution in [0.15, 0.2) is 41.4 Å². The van der Waals surface area contributed by atoms with E-state index in [9.17, 15) is 4.79 Å². The highest BCUT2D eigenvalue weighted by molar-refractivity contribution is 7.99. The van der Waals surface area contributed by atoms with Gasteiger partial charge in [0.1, 0.15) is 0 Å².